The first-order valence-electron chi connectivity index (χ1n) is 5.52. The lowest BCUT2D eigenvalue weighted by Crippen LogP contribution is -2.38. The van der Waals surface area contributed by atoms with Crippen molar-refractivity contribution in [2.75, 3.05) is 18.4 Å². The number of carboxylic acids is 1. The molecule has 0 aromatic heterocycles. The number of urea groups is 1. The summed E-state index contributed by atoms with van der Waals surface area (Å²) in [6, 6.07) is 6.22. The van der Waals surface area contributed by atoms with E-state index in [1.807, 2.05) is 0 Å². The van der Waals surface area contributed by atoms with Gasteiger partial charge in [-0.15, -0.1) is 13.0 Å². The average Bonchev–Trinajstić information content (AvgIpc) is 2.38. The molecule has 0 saturated carbocycles. The van der Waals surface area contributed by atoms with Gasteiger partial charge >= 0.3 is 12.0 Å². The molecule has 19 heavy (non-hydrogen) atoms. The zero-order valence-corrected chi connectivity index (χ0v) is 10.3. The van der Waals surface area contributed by atoms with Gasteiger partial charge < -0.3 is 15.3 Å². The molecule has 0 bridgehead atoms. The standard InChI is InChI=1S/C14H14N2O3/c1-3-8-16(10-13(17)18)14(19)15-12-7-5-6-11(4-2)9-12/h2-3,5-7,9H,1,8,10H2,(H,15,19)(H,17,18). The van der Waals surface area contributed by atoms with E-state index in [1.165, 1.54) is 6.08 Å². The number of carbonyl (C=O) groups is 2. The maximum absolute atomic E-state index is 11.9. The number of carbonyl (C=O) groups excluding carboxylic acids is 1. The highest BCUT2D eigenvalue weighted by Gasteiger charge is 2.15. The van der Waals surface area contributed by atoms with E-state index < -0.39 is 18.5 Å². The van der Waals surface area contributed by atoms with E-state index in [4.69, 9.17) is 11.5 Å². The van der Waals surface area contributed by atoms with Gasteiger partial charge in [-0.05, 0) is 18.2 Å². The van der Waals surface area contributed by atoms with Crippen LogP contribution in [0.15, 0.2) is 36.9 Å². The Hall–Kier alpha value is -2.74. The maximum atomic E-state index is 11.9. The Morgan fingerprint density at radius 3 is 2.84 bits per heavy atom. The van der Waals surface area contributed by atoms with Crippen LogP contribution in [0.3, 0.4) is 0 Å². The Balaban J connectivity index is 2.77. The van der Waals surface area contributed by atoms with Crippen LogP contribution in [0, 0.1) is 12.3 Å². The molecular weight excluding hydrogens is 244 g/mol. The number of hydrogen-bond donors (Lipinski definition) is 2. The fourth-order valence-electron chi connectivity index (χ4n) is 1.43. The molecule has 1 rings (SSSR count). The molecule has 0 aliphatic rings. The lowest BCUT2D eigenvalue weighted by molar-refractivity contribution is -0.137. The summed E-state index contributed by atoms with van der Waals surface area (Å²) in [5, 5.41) is 11.3. The lowest BCUT2D eigenvalue weighted by Gasteiger charge is -2.19. The van der Waals surface area contributed by atoms with Gasteiger partial charge in [-0.3, -0.25) is 4.79 Å². The van der Waals surface area contributed by atoms with E-state index in [-0.39, 0.29) is 6.54 Å². The van der Waals surface area contributed by atoms with Crippen LogP contribution in [0.5, 0.6) is 0 Å². The third-order valence-electron chi connectivity index (χ3n) is 2.24. The lowest BCUT2D eigenvalue weighted by atomic mass is 10.2. The largest absolute Gasteiger partial charge is 0.480 e. The summed E-state index contributed by atoms with van der Waals surface area (Å²) in [5.41, 5.74) is 1.14. The Kier molecular flexibility index (Phi) is 5.17. The number of anilines is 1. The molecule has 2 amide bonds. The molecule has 0 spiro atoms. The SMILES string of the molecule is C#Cc1cccc(NC(=O)N(CC=C)CC(=O)O)c1. The normalized spacial score (nSPS) is 9.21. The molecule has 0 saturated heterocycles. The number of carboxylic acid groups (broad SMARTS) is 1. The number of benzene rings is 1. The average molecular weight is 258 g/mol. The van der Waals surface area contributed by atoms with Crippen LogP contribution in [0.2, 0.25) is 0 Å². The fourth-order valence-corrected chi connectivity index (χ4v) is 1.43. The number of rotatable bonds is 5. The monoisotopic (exact) mass is 258 g/mol. The Labute approximate surface area is 111 Å². The predicted molar refractivity (Wildman–Crippen MR) is 72.8 cm³/mol. The fraction of sp³-hybridized carbons (Fsp3) is 0.143. The molecule has 0 unspecified atom stereocenters. The topological polar surface area (TPSA) is 69.6 Å². The number of nitrogens with one attached hydrogen (secondary N) is 1. The highest BCUT2D eigenvalue weighted by Crippen LogP contribution is 2.10. The summed E-state index contributed by atoms with van der Waals surface area (Å²) in [6.45, 7) is 3.23. The van der Waals surface area contributed by atoms with Gasteiger partial charge in [0.15, 0.2) is 0 Å². The van der Waals surface area contributed by atoms with Gasteiger partial charge in [0.1, 0.15) is 6.54 Å². The quantitative estimate of drug-likeness (QED) is 0.624. The van der Waals surface area contributed by atoms with Crippen molar-refractivity contribution in [2.24, 2.45) is 0 Å². The van der Waals surface area contributed by atoms with E-state index >= 15 is 0 Å². The van der Waals surface area contributed by atoms with Crippen LogP contribution in [-0.4, -0.2) is 35.1 Å². The van der Waals surface area contributed by atoms with Crippen molar-refractivity contribution in [1.29, 1.82) is 0 Å². The summed E-state index contributed by atoms with van der Waals surface area (Å²) in [4.78, 5) is 23.7. The second-order valence-corrected chi connectivity index (χ2v) is 3.72. The minimum Gasteiger partial charge on any atom is -0.480 e. The van der Waals surface area contributed by atoms with Gasteiger partial charge in [-0.2, -0.15) is 0 Å². The highest BCUT2D eigenvalue weighted by atomic mass is 16.4. The van der Waals surface area contributed by atoms with Crippen molar-refractivity contribution in [2.45, 2.75) is 0 Å². The summed E-state index contributed by atoms with van der Waals surface area (Å²) in [6.07, 6.45) is 6.72. The third kappa shape index (κ3) is 4.56. The summed E-state index contributed by atoms with van der Waals surface area (Å²) < 4.78 is 0. The number of amides is 2. The van der Waals surface area contributed by atoms with Crippen LogP contribution >= 0.6 is 0 Å². The van der Waals surface area contributed by atoms with Crippen molar-refractivity contribution >= 4 is 17.7 Å². The minimum atomic E-state index is -1.09. The zero-order valence-electron chi connectivity index (χ0n) is 10.3. The van der Waals surface area contributed by atoms with Gasteiger partial charge in [0.25, 0.3) is 0 Å². The Morgan fingerprint density at radius 2 is 2.26 bits per heavy atom. The predicted octanol–water partition coefficient (Wildman–Crippen LogP) is 1.77. The highest BCUT2D eigenvalue weighted by molar-refractivity contribution is 5.91. The number of terminal acetylenes is 1. The van der Waals surface area contributed by atoms with Crippen LogP contribution in [0.4, 0.5) is 10.5 Å². The van der Waals surface area contributed by atoms with Crippen LogP contribution < -0.4 is 5.32 Å². The van der Waals surface area contributed by atoms with Crippen molar-refractivity contribution in [1.82, 2.24) is 4.90 Å². The van der Waals surface area contributed by atoms with Gasteiger partial charge in [-0.1, -0.05) is 18.1 Å². The van der Waals surface area contributed by atoms with Gasteiger partial charge in [-0.25, -0.2) is 4.79 Å². The van der Waals surface area contributed by atoms with Crippen LogP contribution in [0.1, 0.15) is 5.56 Å². The molecule has 0 heterocycles. The molecule has 5 heteroatoms. The molecule has 1 aromatic carbocycles. The van der Waals surface area contributed by atoms with E-state index in [0.29, 0.717) is 11.3 Å². The van der Waals surface area contributed by atoms with E-state index in [0.717, 1.165) is 4.90 Å². The first kappa shape index (κ1) is 14.3. The summed E-state index contributed by atoms with van der Waals surface area (Å²) >= 11 is 0. The van der Waals surface area contributed by atoms with Gasteiger partial charge in [0.2, 0.25) is 0 Å². The first-order valence-corrected chi connectivity index (χ1v) is 5.52. The third-order valence-corrected chi connectivity index (χ3v) is 2.24. The zero-order chi connectivity index (χ0) is 14.3. The van der Waals surface area contributed by atoms with Crippen molar-refractivity contribution < 1.29 is 14.7 Å². The molecular formula is C14H14N2O3. The summed E-state index contributed by atoms with van der Waals surface area (Å²) in [7, 11) is 0. The Bertz CT molecular complexity index is 532. The smallest absolute Gasteiger partial charge is 0.323 e. The number of aliphatic carboxylic acids is 1. The van der Waals surface area contributed by atoms with E-state index in [2.05, 4.69) is 17.8 Å². The van der Waals surface area contributed by atoms with Crippen molar-refractivity contribution in [3.8, 4) is 12.3 Å². The van der Waals surface area contributed by atoms with Crippen LogP contribution in [-0.2, 0) is 4.79 Å². The van der Waals surface area contributed by atoms with Crippen molar-refractivity contribution in [3.63, 3.8) is 0 Å². The van der Waals surface area contributed by atoms with Gasteiger partial charge in [0.05, 0.1) is 0 Å². The number of hydrogen-bond acceptors (Lipinski definition) is 2. The second kappa shape index (κ2) is 6.87. The number of nitrogens with zero attached hydrogens (tertiary/aromatic N) is 1. The molecule has 1 aromatic rings. The molecule has 2 N–H and O–H groups in total. The Morgan fingerprint density at radius 1 is 1.53 bits per heavy atom. The van der Waals surface area contributed by atoms with Crippen molar-refractivity contribution in [3.05, 3.63) is 42.5 Å². The maximum Gasteiger partial charge on any atom is 0.323 e. The molecule has 5 nitrogen and oxygen atoms in total. The molecule has 0 aliphatic carbocycles. The molecule has 0 atom stereocenters. The molecule has 0 fully saturated rings. The molecule has 0 radical (unpaired) electrons. The molecule has 98 valence electrons. The first-order chi connectivity index (χ1) is 9.06. The van der Waals surface area contributed by atoms with Crippen LogP contribution in [0.25, 0.3) is 0 Å². The van der Waals surface area contributed by atoms with E-state index in [9.17, 15) is 9.59 Å². The summed E-state index contributed by atoms with van der Waals surface area (Å²) in [5.74, 6) is 1.36. The van der Waals surface area contributed by atoms with E-state index in [1.54, 1.807) is 24.3 Å². The van der Waals surface area contributed by atoms with Gasteiger partial charge in [0, 0.05) is 17.8 Å². The minimum absolute atomic E-state index is 0.146. The second-order valence-electron chi connectivity index (χ2n) is 3.72. The molecule has 0 aliphatic heterocycles.